The van der Waals surface area contributed by atoms with Crippen LogP contribution in [0.25, 0.3) is 0 Å². The minimum atomic E-state index is -0.169. The molecule has 0 bridgehead atoms. The number of nitrogens with zero attached hydrogens (tertiary/aromatic N) is 1. The van der Waals surface area contributed by atoms with Crippen molar-refractivity contribution in [2.75, 3.05) is 20.8 Å². The van der Waals surface area contributed by atoms with Gasteiger partial charge in [-0.3, -0.25) is 0 Å². The largest absolute Gasteiger partial charge is 0.493 e. The van der Waals surface area contributed by atoms with Crippen LogP contribution in [-0.2, 0) is 18.5 Å². The predicted octanol–water partition coefficient (Wildman–Crippen LogP) is 3.71. The van der Waals surface area contributed by atoms with Gasteiger partial charge in [0.2, 0.25) is 0 Å². The third kappa shape index (κ3) is 3.62. The summed E-state index contributed by atoms with van der Waals surface area (Å²) < 4.78 is 10.9. The number of carbonyl (C=O) groups excluding carboxylic acids is 1. The Balaban J connectivity index is 1.79. The van der Waals surface area contributed by atoms with E-state index in [4.69, 9.17) is 9.47 Å². The third-order valence-electron chi connectivity index (χ3n) is 4.86. The molecule has 0 radical (unpaired) electrons. The molecule has 0 aliphatic carbocycles. The van der Waals surface area contributed by atoms with Crippen LogP contribution in [0.3, 0.4) is 0 Å². The van der Waals surface area contributed by atoms with Crippen LogP contribution in [0.4, 0.5) is 4.79 Å². The first-order chi connectivity index (χ1) is 12.4. The fraction of sp³-hybridized carbons (Fsp3) is 0.381. The van der Waals surface area contributed by atoms with Crippen LogP contribution in [-0.4, -0.2) is 31.7 Å². The van der Waals surface area contributed by atoms with Crippen molar-refractivity contribution >= 4 is 6.03 Å². The Bertz CT molecular complexity index is 787. The summed E-state index contributed by atoms with van der Waals surface area (Å²) in [5, 5.41) is 3.02. The molecule has 0 fully saturated rings. The third-order valence-corrected chi connectivity index (χ3v) is 4.86. The molecule has 0 spiro atoms. The summed E-state index contributed by atoms with van der Waals surface area (Å²) in [7, 11) is 3.27. The van der Waals surface area contributed by atoms with Gasteiger partial charge in [-0.1, -0.05) is 44.2 Å². The highest BCUT2D eigenvalue weighted by atomic mass is 16.5. The molecule has 0 saturated carbocycles. The van der Waals surface area contributed by atoms with E-state index in [9.17, 15) is 4.79 Å². The fourth-order valence-electron chi connectivity index (χ4n) is 3.53. The molecule has 5 heteroatoms. The number of rotatable bonds is 4. The Morgan fingerprint density at radius 3 is 2.42 bits per heavy atom. The maximum atomic E-state index is 12.7. The van der Waals surface area contributed by atoms with E-state index in [1.165, 1.54) is 5.56 Å². The Morgan fingerprint density at radius 1 is 1.12 bits per heavy atom. The van der Waals surface area contributed by atoms with Crippen LogP contribution in [0.2, 0.25) is 0 Å². The zero-order valence-corrected chi connectivity index (χ0v) is 15.8. The van der Waals surface area contributed by atoms with E-state index in [1.807, 2.05) is 47.4 Å². The first-order valence-electron chi connectivity index (χ1n) is 8.76. The van der Waals surface area contributed by atoms with Crippen molar-refractivity contribution in [3.8, 4) is 11.5 Å². The number of fused-ring (bicyclic) bond motifs is 1. The molecule has 138 valence electrons. The van der Waals surface area contributed by atoms with Gasteiger partial charge in [0.05, 0.1) is 14.2 Å². The summed E-state index contributed by atoms with van der Waals surface area (Å²) in [6.07, 6.45) is 0. The zero-order valence-electron chi connectivity index (χ0n) is 15.8. The smallest absolute Gasteiger partial charge is 0.317 e. The fourth-order valence-corrected chi connectivity index (χ4v) is 3.53. The van der Waals surface area contributed by atoms with E-state index in [-0.39, 0.29) is 11.4 Å². The lowest BCUT2D eigenvalue weighted by Gasteiger charge is -2.40. The number of hydrogen-bond donors (Lipinski definition) is 1. The first kappa shape index (κ1) is 18.1. The number of hydrogen-bond acceptors (Lipinski definition) is 3. The van der Waals surface area contributed by atoms with Crippen LogP contribution < -0.4 is 14.8 Å². The van der Waals surface area contributed by atoms with E-state index in [0.717, 1.165) is 16.9 Å². The molecule has 2 aromatic rings. The van der Waals surface area contributed by atoms with Gasteiger partial charge in [0.1, 0.15) is 0 Å². The highest BCUT2D eigenvalue weighted by molar-refractivity contribution is 5.75. The normalized spacial score (nSPS) is 15.2. The average molecular weight is 354 g/mol. The van der Waals surface area contributed by atoms with Crippen molar-refractivity contribution in [3.05, 3.63) is 59.2 Å². The van der Waals surface area contributed by atoms with Gasteiger partial charge < -0.3 is 19.7 Å². The van der Waals surface area contributed by atoms with E-state index >= 15 is 0 Å². The van der Waals surface area contributed by atoms with E-state index < -0.39 is 0 Å². The Morgan fingerprint density at radius 2 is 1.77 bits per heavy atom. The second-order valence-corrected chi connectivity index (χ2v) is 7.25. The number of benzene rings is 2. The molecule has 0 saturated heterocycles. The number of urea groups is 1. The molecule has 1 aliphatic heterocycles. The summed E-state index contributed by atoms with van der Waals surface area (Å²) in [6.45, 7) is 6.02. The summed E-state index contributed by atoms with van der Waals surface area (Å²) in [5.74, 6) is 1.41. The highest BCUT2D eigenvalue weighted by Crippen LogP contribution is 2.40. The number of amides is 2. The van der Waals surface area contributed by atoms with Crippen LogP contribution in [0.15, 0.2) is 42.5 Å². The molecule has 3 rings (SSSR count). The molecule has 2 amide bonds. The average Bonchev–Trinajstić information content (AvgIpc) is 2.65. The van der Waals surface area contributed by atoms with Gasteiger partial charge in [-0.05, 0) is 28.8 Å². The van der Waals surface area contributed by atoms with Gasteiger partial charge in [-0.2, -0.15) is 0 Å². The molecular weight excluding hydrogens is 328 g/mol. The molecule has 2 aromatic carbocycles. The van der Waals surface area contributed by atoms with Gasteiger partial charge in [-0.25, -0.2) is 4.79 Å². The van der Waals surface area contributed by atoms with Crippen molar-refractivity contribution < 1.29 is 14.3 Å². The maximum absolute atomic E-state index is 12.7. The SMILES string of the molecule is COc1cc2c(cc1OC)C(C)(C)CN(C(=O)NCc1ccccc1)C2. The summed E-state index contributed by atoms with van der Waals surface area (Å²) in [6, 6.07) is 13.9. The van der Waals surface area contributed by atoms with E-state index in [1.54, 1.807) is 14.2 Å². The van der Waals surface area contributed by atoms with Crippen molar-refractivity contribution in [1.82, 2.24) is 10.2 Å². The highest BCUT2D eigenvalue weighted by Gasteiger charge is 2.35. The number of ether oxygens (including phenoxy) is 2. The van der Waals surface area contributed by atoms with E-state index in [0.29, 0.717) is 25.4 Å². The number of carbonyl (C=O) groups is 1. The Labute approximate surface area is 154 Å². The maximum Gasteiger partial charge on any atom is 0.317 e. The number of nitrogens with one attached hydrogen (secondary N) is 1. The van der Waals surface area contributed by atoms with Gasteiger partial charge in [-0.15, -0.1) is 0 Å². The molecule has 1 N–H and O–H groups in total. The van der Waals surface area contributed by atoms with Crippen LogP contribution >= 0.6 is 0 Å². The molecule has 1 aliphatic rings. The van der Waals surface area contributed by atoms with Crippen LogP contribution in [0.1, 0.15) is 30.5 Å². The quantitative estimate of drug-likeness (QED) is 0.911. The van der Waals surface area contributed by atoms with Crippen LogP contribution in [0.5, 0.6) is 11.5 Å². The molecule has 0 aromatic heterocycles. The minimum absolute atomic E-state index is 0.0534. The second-order valence-electron chi connectivity index (χ2n) is 7.25. The Kier molecular flexibility index (Phi) is 5.07. The molecule has 0 unspecified atom stereocenters. The molecule has 26 heavy (non-hydrogen) atoms. The molecule has 1 heterocycles. The van der Waals surface area contributed by atoms with Gasteiger partial charge in [0.15, 0.2) is 11.5 Å². The lowest BCUT2D eigenvalue weighted by atomic mass is 9.78. The lowest BCUT2D eigenvalue weighted by Crippen LogP contribution is -2.48. The van der Waals surface area contributed by atoms with Crippen LogP contribution in [0, 0.1) is 0 Å². The molecule has 0 atom stereocenters. The summed E-state index contributed by atoms with van der Waals surface area (Å²) >= 11 is 0. The van der Waals surface area contributed by atoms with Gasteiger partial charge >= 0.3 is 6.03 Å². The number of methoxy groups -OCH3 is 2. The van der Waals surface area contributed by atoms with Crippen molar-refractivity contribution in [2.24, 2.45) is 0 Å². The topological polar surface area (TPSA) is 50.8 Å². The monoisotopic (exact) mass is 354 g/mol. The van der Waals surface area contributed by atoms with Crippen molar-refractivity contribution in [2.45, 2.75) is 32.4 Å². The Hall–Kier alpha value is -2.69. The zero-order chi connectivity index (χ0) is 18.7. The summed E-state index contributed by atoms with van der Waals surface area (Å²) in [4.78, 5) is 14.6. The van der Waals surface area contributed by atoms with E-state index in [2.05, 4.69) is 19.2 Å². The minimum Gasteiger partial charge on any atom is -0.493 e. The second kappa shape index (κ2) is 7.28. The van der Waals surface area contributed by atoms with Crippen molar-refractivity contribution in [1.29, 1.82) is 0 Å². The molecular formula is C21H26N2O3. The van der Waals surface area contributed by atoms with Crippen molar-refractivity contribution in [3.63, 3.8) is 0 Å². The molecule has 5 nitrogen and oxygen atoms in total. The van der Waals surface area contributed by atoms with Gasteiger partial charge in [0, 0.05) is 25.0 Å². The lowest BCUT2D eigenvalue weighted by molar-refractivity contribution is 0.173. The van der Waals surface area contributed by atoms with Gasteiger partial charge in [0.25, 0.3) is 0 Å². The predicted molar refractivity (Wildman–Crippen MR) is 102 cm³/mol. The standard InChI is InChI=1S/C21H26N2O3/c1-21(2)14-23(20(24)22-12-15-8-6-5-7-9-15)13-16-10-18(25-3)19(26-4)11-17(16)21/h5-11H,12-14H2,1-4H3,(H,22,24). The summed E-state index contributed by atoms with van der Waals surface area (Å²) in [5.41, 5.74) is 3.21. The first-order valence-corrected chi connectivity index (χ1v) is 8.76.